The summed E-state index contributed by atoms with van der Waals surface area (Å²) in [7, 11) is 0. The molecule has 0 aromatic rings. The Bertz CT molecular complexity index is 283. The maximum atomic E-state index is 9.22. The van der Waals surface area contributed by atoms with E-state index in [1.165, 1.54) is 12.8 Å². The highest BCUT2D eigenvalue weighted by molar-refractivity contribution is 5.03. The van der Waals surface area contributed by atoms with Crippen molar-refractivity contribution in [2.45, 2.75) is 78.3 Å². The van der Waals surface area contributed by atoms with E-state index in [-0.39, 0.29) is 5.54 Å². The zero-order valence-electron chi connectivity index (χ0n) is 12.2. The topological polar surface area (TPSA) is 48.5 Å². The van der Waals surface area contributed by atoms with Gasteiger partial charge in [0.05, 0.1) is 11.6 Å². The van der Waals surface area contributed by atoms with E-state index < -0.39 is 5.54 Å². The maximum Gasteiger partial charge on any atom is 0.164 e. The molecule has 2 atom stereocenters. The van der Waals surface area contributed by atoms with Gasteiger partial charge >= 0.3 is 0 Å². The highest BCUT2D eigenvalue weighted by Crippen LogP contribution is 2.24. The van der Waals surface area contributed by atoms with E-state index in [0.717, 1.165) is 12.8 Å². The maximum absolute atomic E-state index is 9.22. The smallest absolute Gasteiger partial charge is 0.164 e. The highest BCUT2D eigenvalue weighted by Gasteiger charge is 2.24. The number of hydrogen-bond acceptors (Lipinski definition) is 3. The molecule has 0 rings (SSSR count). The molecule has 0 aromatic heterocycles. The number of azo groups is 1. The zero-order chi connectivity index (χ0) is 13.5. The lowest BCUT2D eigenvalue weighted by atomic mass is 9.91. The van der Waals surface area contributed by atoms with Crippen LogP contribution in [0.2, 0.25) is 0 Å². The third-order valence-electron chi connectivity index (χ3n) is 2.72. The van der Waals surface area contributed by atoms with Crippen LogP contribution < -0.4 is 0 Å². The van der Waals surface area contributed by atoms with Crippen LogP contribution in [0, 0.1) is 17.2 Å². The van der Waals surface area contributed by atoms with E-state index >= 15 is 0 Å². The molecule has 0 aliphatic rings. The van der Waals surface area contributed by atoms with E-state index in [1.807, 2.05) is 27.7 Å². The van der Waals surface area contributed by atoms with Crippen LogP contribution in [-0.4, -0.2) is 11.1 Å². The van der Waals surface area contributed by atoms with Gasteiger partial charge in [-0.25, -0.2) is 0 Å². The number of nitriles is 1. The molecule has 0 heterocycles. The molecular formula is C14H27N3. The Hall–Kier alpha value is -0.910. The zero-order valence-corrected chi connectivity index (χ0v) is 12.2. The molecule has 0 aliphatic heterocycles. The minimum absolute atomic E-state index is 0.201. The summed E-state index contributed by atoms with van der Waals surface area (Å²) in [5.74, 6) is 0.664. The van der Waals surface area contributed by atoms with Crippen molar-refractivity contribution in [2.75, 3.05) is 0 Å². The fraction of sp³-hybridized carbons (Fsp3) is 0.929. The van der Waals surface area contributed by atoms with Crippen LogP contribution >= 0.6 is 0 Å². The van der Waals surface area contributed by atoms with Crippen molar-refractivity contribution >= 4 is 0 Å². The van der Waals surface area contributed by atoms with Crippen molar-refractivity contribution in [3.05, 3.63) is 0 Å². The van der Waals surface area contributed by atoms with Gasteiger partial charge in [-0.15, -0.1) is 0 Å². The van der Waals surface area contributed by atoms with Crippen LogP contribution in [0.15, 0.2) is 10.2 Å². The molecule has 0 spiro atoms. The molecule has 0 fully saturated rings. The molecule has 0 amide bonds. The summed E-state index contributed by atoms with van der Waals surface area (Å²) in [6.07, 6.45) is 4.26. The van der Waals surface area contributed by atoms with Gasteiger partial charge in [0.2, 0.25) is 0 Å². The van der Waals surface area contributed by atoms with E-state index in [9.17, 15) is 5.26 Å². The van der Waals surface area contributed by atoms with Crippen LogP contribution in [0.5, 0.6) is 0 Å². The predicted octanol–water partition coefficient (Wildman–Crippen LogP) is 4.74. The number of nitrogens with zero attached hydrogens (tertiary/aromatic N) is 3. The average Bonchev–Trinajstić information content (AvgIpc) is 2.23. The molecule has 0 aliphatic carbocycles. The van der Waals surface area contributed by atoms with E-state index in [4.69, 9.17) is 0 Å². The van der Waals surface area contributed by atoms with Gasteiger partial charge in [-0.1, -0.05) is 26.7 Å². The molecule has 17 heavy (non-hydrogen) atoms. The molecule has 0 saturated heterocycles. The van der Waals surface area contributed by atoms with Gasteiger partial charge in [-0.3, -0.25) is 0 Å². The Morgan fingerprint density at radius 2 is 1.71 bits per heavy atom. The molecule has 0 saturated carbocycles. The van der Waals surface area contributed by atoms with Gasteiger partial charge in [0.1, 0.15) is 0 Å². The monoisotopic (exact) mass is 237 g/mol. The van der Waals surface area contributed by atoms with Gasteiger partial charge in [0.25, 0.3) is 0 Å². The molecule has 98 valence electrons. The standard InChI is InChI=1S/C14H27N3/c1-7-8-12(2)9-10-14(6,11-15)17-16-13(3,4)5/h12H,7-10H2,1-6H3/b17-16+. The second kappa shape index (κ2) is 6.74. The van der Waals surface area contributed by atoms with Gasteiger partial charge in [0, 0.05) is 0 Å². The summed E-state index contributed by atoms with van der Waals surface area (Å²) in [4.78, 5) is 0. The summed E-state index contributed by atoms with van der Waals surface area (Å²) in [5, 5.41) is 17.7. The van der Waals surface area contributed by atoms with Gasteiger partial charge in [-0.2, -0.15) is 15.5 Å². The minimum Gasteiger partial charge on any atom is -0.196 e. The molecule has 0 N–H and O–H groups in total. The van der Waals surface area contributed by atoms with Crippen LogP contribution in [-0.2, 0) is 0 Å². The van der Waals surface area contributed by atoms with Crippen molar-refractivity contribution in [1.29, 1.82) is 5.26 Å². The normalized spacial score (nSPS) is 17.7. The highest BCUT2D eigenvalue weighted by atomic mass is 15.2. The summed E-state index contributed by atoms with van der Waals surface area (Å²) in [6, 6.07) is 2.29. The molecule has 3 heteroatoms. The van der Waals surface area contributed by atoms with Crippen molar-refractivity contribution in [3.8, 4) is 6.07 Å². The van der Waals surface area contributed by atoms with E-state index in [1.54, 1.807) is 0 Å². The molecule has 2 unspecified atom stereocenters. The summed E-state index contributed by atoms with van der Waals surface area (Å²) in [5.41, 5.74) is -0.859. The minimum atomic E-state index is -0.657. The largest absolute Gasteiger partial charge is 0.196 e. The lowest BCUT2D eigenvalue weighted by molar-refractivity contribution is 0.392. The average molecular weight is 237 g/mol. The number of rotatable bonds is 6. The lowest BCUT2D eigenvalue weighted by Gasteiger charge is -2.20. The third kappa shape index (κ3) is 7.90. The fourth-order valence-electron chi connectivity index (χ4n) is 1.55. The number of hydrogen-bond donors (Lipinski definition) is 0. The Kier molecular flexibility index (Phi) is 6.37. The Morgan fingerprint density at radius 1 is 1.12 bits per heavy atom. The first-order chi connectivity index (χ1) is 7.72. The van der Waals surface area contributed by atoms with Crippen LogP contribution in [0.25, 0.3) is 0 Å². The predicted molar refractivity (Wildman–Crippen MR) is 71.9 cm³/mol. The second-order valence-corrected chi connectivity index (χ2v) is 6.19. The van der Waals surface area contributed by atoms with Gasteiger partial charge in [0.15, 0.2) is 5.54 Å². The van der Waals surface area contributed by atoms with Crippen molar-refractivity contribution < 1.29 is 0 Å². The SMILES string of the molecule is CCCC(C)CCC(C)(C#N)/N=N/C(C)(C)C. The first kappa shape index (κ1) is 16.1. The second-order valence-electron chi connectivity index (χ2n) is 6.19. The van der Waals surface area contributed by atoms with Gasteiger partial charge in [-0.05, 0) is 46.5 Å². The van der Waals surface area contributed by atoms with Crippen molar-refractivity contribution in [1.82, 2.24) is 0 Å². The first-order valence-corrected chi connectivity index (χ1v) is 6.58. The fourth-order valence-corrected chi connectivity index (χ4v) is 1.55. The summed E-state index contributed by atoms with van der Waals surface area (Å²) in [6.45, 7) is 12.3. The molecule has 0 bridgehead atoms. The Morgan fingerprint density at radius 3 is 2.12 bits per heavy atom. The molecule has 3 nitrogen and oxygen atoms in total. The van der Waals surface area contributed by atoms with Crippen LogP contribution in [0.1, 0.15) is 67.2 Å². The molecule has 0 aromatic carbocycles. The van der Waals surface area contributed by atoms with Crippen LogP contribution in [0.3, 0.4) is 0 Å². The van der Waals surface area contributed by atoms with Gasteiger partial charge < -0.3 is 0 Å². The van der Waals surface area contributed by atoms with E-state index in [0.29, 0.717) is 5.92 Å². The quantitative estimate of drug-likeness (QED) is 0.616. The van der Waals surface area contributed by atoms with Crippen molar-refractivity contribution in [2.24, 2.45) is 16.1 Å². The summed E-state index contributed by atoms with van der Waals surface area (Å²) >= 11 is 0. The van der Waals surface area contributed by atoms with Crippen molar-refractivity contribution in [3.63, 3.8) is 0 Å². The molecular weight excluding hydrogens is 210 g/mol. The third-order valence-corrected chi connectivity index (χ3v) is 2.72. The first-order valence-electron chi connectivity index (χ1n) is 6.58. The van der Waals surface area contributed by atoms with Crippen LogP contribution in [0.4, 0.5) is 0 Å². The lowest BCUT2D eigenvalue weighted by Crippen LogP contribution is -2.21. The Balaban J connectivity index is 4.40. The molecule has 0 radical (unpaired) electrons. The summed E-state index contributed by atoms with van der Waals surface area (Å²) < 4.78 is 0. The Labute approximate surface area is 106 Å². The van der Waals surface area contributed by atoms with E-state index in [2.05, 4.69) is 30.1 Å².